The van der Waals surface area contributed by atoms with Crippen molar-refractivity contribution in [2.24, 2.45) is 5.41 Å². The summed E-state index contributed by atoms with van der Waals surface area (Å²) in [6, 6.07) is 1.73. The number of hydrogen-bond acceptors (Lipinski definition) is 6. The van der Waals surface area contributed by atoms with E-state index in [0.29, 0.717) is 37.4 Å². The molecule has 4 heterocycles. The summed E-state index contributed by atoms with van der Waals surface area (Å²) in [4.78, 5) is 38.1. The minimum absolute atomic E-state index is 0.00464. The lowest BCUT2D eigenvalue weighted by molar-refractivity contribution is -0.150. The average Bonchev–Trinajstić information content (AvgIpc) is 3.23. The zero-order valence-electron chi connectivity index (χ0n) is 16.2. The lowest BCUT2D eigenvalue weighted by atomic mass is 9.76. The van der Waals surface area contributed by atoms with Crippen LogP contribution in [0.3, 0.4) is 0 Å². The lowest BCUT2D eigenvalue weighted by Crippen LogP contribution is -2.45. The third-order valence-electron chi connectivity index (χ3n) is 6.18. The summed E-state index contributed by atoms with van der Waals surface area (Å²) in [5.74, 6) is 0.474. The molecule has 3 fully saturated rings. The first-order valence-electron chi connectivity index (χ1n) is 10.0. The number of piperidine rings is 1. The maximum absolute atomic E-state index is 12.8. The van der Waals surface area contributed by atoms with Gasteiger partial charge in [0.2, 0.25) is 0 Å². The standard InChI is InChI=1S/C20H28N4O3/c1-14-11-17(22-15(2)21-14)18(25)24-9-5-20(6-10-24)12-16(27-19(20)26)13-23-7-3-4-8-23/h11,16H,3-10,12-13H2,1-2H3. The number of esters is 1. The van der Waals surface area contributed by atoms with E-state index in [4.69, 9.17) is 4.74 Å². The number of carbonyl (C=O) groups is 2. The van der Waals surface area contributed by atoms with Crippen LogP contribution < -0.4 is 0 Å². The number of cyclic esters (lactones) is 1. The molecule has 27 heavy (non-hydrogen) atoms. The van der Waals surface area contributed by atoms with Crippen LogP contribution in [-0.2, 0) is 9.53 Å². The SMILES string of the molecule is Cc1cc(C(=O)N2CCC3(CC2)CC(CN2CCCC2)OC3=O)nc(C)n1. The Morgan fingerprint density at radius 3 is 2.56 bits per heavy atom. The van der Waals surface area contributed by atoms with Gasteiger partial charge in [-0.1, -0.05) is 0 Å². The first-order valence-corrected chi connectivity index (χ1v) is 10.0. The van der Waals surface area contributed by atoms with Crippen molar-refractivity contribution in [3.05, 3.63) is 23.3 Å². The predicted octanol–water partition coefficient (Wildman–Crippen LogP) is 1.73. The number of carbonyl (C=O) groups excluding carboxylic acids is 2. The van der Waals surface area contributed by atoms with Gasteiger partial charge < -0.3 is 9.64 Å². The molecular formula is C20H28N4O3. The zero-order valence-corrected chi connectivity index (χ0v) is 16.2. The Morgan fingerprint density at radius 1 is 1.19 bits per heavy atom. The fourth-order valence-corrected chi connectivity index (χ4v) is 4.73. The minimum atomic E-state index is -0.404. The fourth-order valence-electron chi connectivity index (χ4n) is 4.73. The van der Waals surface area contributed by atoms with Gasteiger partial charge >= 0.3 is 5.97 Å². The van der Waals surface area contributed by atoms with Crippen LogP contribution in [0, 0.1) is 19.3 Å². The van der Waals surface area contributed by atoms with E-state index in [1.54, 1.807) is 13.0 Å². The van der Waals surface area contributed by atoms with Crippen LogP contribution in [0.2, 0.25) is 0 Å². The Hall–Kier alpha value is -2.02. The van der Waals surface area contributed by atoms with Gasteiger partial charge in [0.1, 0.15) is 17.6 Å². The molecule has 1 atom stereocenters. The molecule has 0 aromatic carbocycles. The van der Waals surface area contributed by atoms with Crippen LogP contribution in [-0.4, -0.2) is 70.5 Å². The molecular weight excluding hydrogens is 344 g/mol. The summed E-state index contributed by atoms with van der Waals surface area (Å²) in [6.07, 6.45) is 4.63. The van der Waals surface area contributed by atoms with Crippen LogP contribution in [0.1, 0.15) is 54.1 Å². The van der Waals surface area contributed by atoms with Crippen LogP contribution in [0.25, 0.3) is 0 Å². The highest BCUT2D eigenvalue weighted by Gasteiger charge is 2.51. The van der Waals surface area contributed by atoms with E-state index in [0.717, 1.165) is 31.7 Å². The Morgan fingerprint density at radius 2 is 1.89 bits per heavy atom. The van der Waals surface area contributed by atoms with Crippen molar-refractivity contribution in [3.8, 4) is 0 Å². The first-order chi connectivity index (χ1) is 12.9. The van der Waals surface area contributed by atoms with Crippen LogP contribution in [0.15, 0.2) is 6.07 Å². The van der Waals surface area contributed by atoms with Crippen molar-refractivity contribution in [1.82, 2.24) is 19.8 Å². The first kappa shape index (κ1) is 18.3. The van der Waals surface area contributed by atoms with E-state index >= 15 is 0 Å². The van der Waals surface area contributed by atoms with Crippen molar-refractivity contribution in [1.29, 1.82) is 0 Å². The summed E-state index contributed by atoms with van der Waals surface area (Å²) in [5, 5.41) is 0. The topological polar surface area (TPSA) is 75.6 Å². The van der Waals surface area contributed by atoms with E-state index in [9.17, 15) is 9.59 Å². The van der Waals surface area contributed by atoms with Crippen LogP contribution in [0.5, 0.6) is 0 Å². The van der Waals surface area contributed by atoms with Crippen LogP contribution >= 0.6 is 0 Å². The molecule has 0 saturated carbocycles. The fraction of sp³-hybridized carbons (Fsp3) is 0.700. The van der Waals surface area contributed by atoms with Gasteiger partial charge in [0, 0.05) is 31.7 Å². The second-order valence-electron chi connectivity index (χ2n) is 8.25. The third kappa shape index (κ3) is 3.70. The highest BCUT2D eigenvalue weighted by atomic mass is 16.6. The number of likely N-dealkylation sites (tertiary alicyclic amines) is 2. The summed E-state index contributed by atoms with van der Waals surface area (Å²) < 4.78 is 5.72. The second kappa shape index (κ2) is 7.19. The van der Waals surface area contributed by atoms with Crippen LogP contribution in [0.4, 0.5) is 0 Å². The Kier molecular flexibility index (Phi) is 4.88. The highest BCUT2D eigenvalue weighted by Crippen LogP contribution is 2.43. The summed E-state index contributed by atoms with van der Waals surface area (Å²) in [7, 11) is 0. The maximum atomic E-state index is 12.8. The summed E-state index contributed by atoms with van der Waals surface area (Å²) >= 11 is 0. The highest BCUT2D eigenvalue weighted by molar-refractivity contribution is 5.92. The number of ether oxygens (including phenoxy) is 1. The molecule has 0 aliphatic carbocycles. The molecule has 3 aliphatic rings. The molecule has 3 saturated heterocycles. The van der Waals surface area contributed by atoms with E-state index in [2.05, 4.69) is 14.9 Å². The quantitative estimate of drug-likeness (QED) is 0.752. The van der Waals surface area contributed by atoms with Gasteiger partial charge in [-0.2, -0.15) is 0 Å². The van der Waals surface area contributed by atoms with Gasteiger partial charge in [-0.05, 0) is 58.7 Å². The predicted molar refractivity (Wildman–Crippen MR) is 99.2 cm³/mol. The molecule has 1 amide bonds. The number of amides is 1. The molecule has 1 aromatic heterocycles. The number of aromatic nitrogens is 2. The molecule has 7 nitrogen and oxygen atoms in total. The second-order valence-corrected chi connectivity index (χ2v) is 8.25. The summed E-state index contributed by atoms with van der Waals surface area (Å²) in [5.41, 5.74) is 0.832. The smallest absolute Gasteiger partial charge is 0.312 e. The van der Waals surface area contributed by atoms with E-state index in [1.807, 2.05) is 11.8 Å². The molecule has 3 aliphatic heterocycles. The molecule has 1 spiro atoms. The van der Waals surface area contributed by atoms with Gasteiger partial charge in [-0.3, -0.25) is 14.5 Å². The van der Waals surface area contributed by atoms with E-state index < -0.39 is 5.41 Å². The molecule has 7 heteroatoms. The van der Waals surface area contributed by atoms with Gasteiger partial charge in [0.05, 0.1) is 5.41 Å². The minimum Gasteiger partial charge on any atom is -0.461 e. The molecule has 1 unspecified atom stereocenters. The Balaban J connectivity index is 1.37. The molecule has 0 bridgehead atoms. The molecule has 0 radical (unpaired) electrons. The van der Waals surface area contributed by atoms with E-state index in [1.165, 1.54) is 12.8 Å². The number of nitrogens with zero attached hydrogens (tertiary/aromatic N) is 4. The van der Waals surface area contributed by atoms with Gasteiger partial charge in [-0.25, -0.2) is 9.97 Å². The lowest BCUT2D eigenvalue weighted by Gasteiger charge is -2.36. The van der Waals surface area contributed by atoms with Gasteiger partial charge in [0.15, 0.2) is 0 Å². The zero-order chi connectivity index (χ0) is 19.0. The normalized spacial score (nSPS) is 25.2. The third-order valence-corrected chi connectivity index (χ3v) is 6.18. The van der Waals surface area contributed by atoms with Crippen molar-refractivity contribution in [2.75, 3.05) is 32.7 Å². The Labute approximate surface area is 160 Å². The van der Waals surface area contributed by atoms with Gasteiger partial charge in [-0.15, -0.1) is 0 Å². The maximum Gasteiger partial charge on any atom is 0.312 e. The largest absolute Gasteiger partial charge is 0.461 e. The van der Waals surface area contributed by atoms with Crippen molar-refractivity contribution in [2.45, 2.75) is 52.1 Å². The van der Waals surface area contributed by atoms with Crippen molar-refractivity contribution < 1.29 is 14.3 Å². The van der Waals surface area contributed by atoms with Gasteiger partial charge in [0.25, 0.3) is 5.91 Å². The summed E-state index contributed by atoms with van der Waals surface area (Å²) in [6.45, 7) is 7.90. The Bertz CT molecular complexity index is 716. The monoisotopic (exact) mass is 372 g/mol. The van der Waals surface area contributed by atoms with Crippen molar-refractivity contribution >= 4 is 11.9 Å². The average molecular weight is 372 g/mol. The molecule has 146 valence electrons. The van der Waals surface area contributed by atoms with E-state index in [-0.39, 0.29) is 18.0 Å². The number of rotatable bonds is 3. The number of aryl methyl sites for hydroxylation is 2. The molecule has 0 N–H and O–H groups in total. The van der Waals surface area contributed by atoms with Crippen molar-refractivity contribution in [3.63, 3.8) is 0 Å². The molecule has 1 aromatic rings. The molecule has 4 rings (SSSR count). The number of hydrogen-bond donors (Lipinski definition) is 0.